The van der Waals surface area contributed by atoms with Crippen molar-refractivity contribution in [3.63, 3.8) is 0 Å². The van der Waals surface area contributed by atoms with Crippen molar-refractivity contribution in [3.05, 3.63) is 27.7 Å². The number of aliphatic hydroxyl groups is 1. The molecule has 1 fully saturated rings. The molecule has 112 valence electrons. The van der Waals surface area contributed by atoms with Crippen molar-refractivity contribution >= 4 is 26.0 Å². The van der Waals surface area contributed by atoms with Crippen LogP contribution in [0.4, 0.5) is 0 Å². The molecule has 0 aromatic heterocycles. The minimum atomic E-state index is -3.52. The van der Waals surface area contributed by atoms with Crippen LogP contribution in [0.25, 0.3) is 0 Å². The lowest BCUT2D eigenvalue weighted by Gasteiger charge is -2.25. The highest BCUT2D eigenvalue weighted by Gasteiger charge is 2.31. The summed E-state index contributed by atoms with van der Waals surface area (Å²) < 4.78 is 27.8. The third-order valence-electron chi connectivity index (χ3n) is 4.03. The van der Waals surface area contributed by atoms with Gasteiger partial charge in [0.15, 0.2) is 0 Å². The van der Waals surface area contributed by atoms with Gasteiger partial charge in [-0.15, -0.1) is 0 Å². The third kappa shape index (κ3) is 2.93. The van der Waals surface area contributed by atoms with Gasteiger partial charge < -0.3 is 5.11 Å². The van der Waals surface area contributed by atoms with Gasteiger partial charge in [0.05, 0.1) is 11.5 Å². The molecule has 1 aromatic rings. The van der Waals surface area contributed by atoms with Crippen LogP contribution in [0.2, 0.25) is 0 Å². The number of hydrogen-bond acceptors (Lipinski definition) is 3. The highest BCUT2D eigenvalue weighted by molar-refractivity contribution is 9.10. The summed E-state index contributed by atoms with van der Waals surface area (Å²) in [7, 11) is -1.86. The van der Waals surface area contributed by atoms with Crippen molar-refractivity contribution in [2.24, 2.45) is 0 Å². The van der Waals surface area contributed by atoms with Gasteiger partial charge in [-0.2, -0.15) is 4.31 Å². The number of halogens is 1. The molecule has 6 heteroatoms. The summed E-state index contributed by atoms with van der Waals surface area (Å²) in [5.41, 5.74) is 1.29. The van der Waals surface area contributed by atoms with E-state index in [2.05, 4.69) is 15.9 Å². The van der Waals surface area contributed by atoms with Gasteiger partial charge in [0.2, 0.25) is 10.0 Å². The zero-order valence-corrected chi connectivity index (χ0v) is 14.2. The van der Waals surface area contributed by atoms with Crippen LogP contribution < -0.4 is 0 Å². The largest absolute Gasteiger partial charge is 0.392 e. The summed E-state index contributed by atoms with van der Waals surface area (Å²) >= 11 is 3.37. The molecule has 0 heterocycles. The molecular weight excluding hydrogens is 342 g/mol. The van der Waals surface area contributed by atoms with E-state index in [1.54, 1.807) is 26.1 Å². The number of rotatable bonds is 4. The van der Waals surface area contributed by atoms with E-state index < -0.39 is 10.0 Å². The van der Waals surface area contributed by atoms with Gasteiger partial charge in [-0.1, -0.05) is 28.8 Å². The fourth-order valence-electron chi connectivity index (χ4n) is 2.69. The van der Waals surface area contributed by atoms with Gasteiger partial charge in [-0.3, -0.25) is 0 Å². The van der Waals surface area contributed by atoms with Gasteiger partial charge in [0.25, 0.3) is 0 Å². The Balaban J connectivity index is 2.45. The predicted octanol–water partition coefficient (Wildman–Crippen LogP) is 2.81. The summed E-state index contributed by atoms with van der Waals surface area (Å²) in [6, 6.07) is 3.42. The number of hydrogen-bond donors (Lipinski definition) is 1. The molecular formula is C14H20BrNO3S. The highest BCUT2D eigenvalue weighted by Crippen LogP contribution is 2.31. The van der Waals surface area contributed by atoms with Crippen molar-refractivity contribution in [2.75, 3.05) is 7.05 Å². The Bertz CT molecular complexity index is 595. The second-order valence-corrected chi connectivity index (χ2v) is 8.14. The first-order chi connectivity index (χ1) is 9.37. The summed E-state index contributed by atoms with van der Waals surface area (Å²) in [6.07, 6.45) is 4.03. The van der Waals surface area contributed by atoms with E-state index in [4.69, 9.17) is 0 Å². The van der Waals surface area contributed by atoms with E-state index in [0.29, 0.717) is 15.6 Å². The van der Waals surface area contributed by atoms with E-state index in [-0.39, 0.29) is 17.5 Å². The molecule has 0 radical (unpaired) electrons. The van der Waals surface area contributed by atoms with Crippen molar-refractivity contribution in [3.8, 4) is 0 Å². The van der Waals surface area contributed by atoms with Crippen LogP contribution in [0.3, 0.4) is 0 Å². The summed E-state index contributed by atoms with van der Waals surface area (Å²) in [5.74, 6) is 0. The smallest absolute Gasteiger partial charge is 0.243 e. The quantitative estimate of drug-likeness (QED) is 0.896. The Hall–Kier alpha value is -0.430. The minimum Gasteiger partial charge on any atom is -0.392 e. The lowest BCUT2D eigenvalue weighted by atomic mass is 10.2. The number of aliphatic hydroxyl groups excluding tert-OH is 1. The fraction of sp³-hybridized carbons (Fsp3) is 0.571. The summed E-state index contributed by atoms with van der Waals surface area (Å²) in [4.78, 5) is 0.283. The van der Waals surface area contributed by atoms with Gasteiger partial charge in [0.1, 0.15) is 0 Å². The molecule has 20 heavy (non-hydrogen) atoms. The monoisotopic (exact) mass is 361 g/mol. The van der Waals surface area contributed by atoms with E-state index in [1.807, 2.05) is 0 Å². The molecule has 0 spiro atoms. The summed E-state index contributed by atoms with van der Waals surface area (Å²) in [6.45, 7) is 1.61. The van der Waals surface area contributed by atoms with E-state index in [0.717, 1.165) is 25.7 Å². The normalized spacial score (nSPS) is 17.1. The average Bonchev–Trinajstić information content (AvgIpc) is 2.94. The Morgan fingerprint density at radius 3 is 2.50 bits per heavy atom. The molecule has 0 saturated heterocycles. The van der Waals surface area contributed by atoms with Crippen molar-refractivity contribution in [1.29, 1.82) is 0 Å². The maximum absolute atomic E-state index is 12.8. The van der Waals surface area contributed by atoms with Crippen LogP contribution in [0.1, 0.15) is 36.8 Å². The lowest BCUT2D eigenvalue weighted by molar-refractivity contribution is 0.281. The first-order valence-corrected chi connectivity index (χ1v) is 8.99. The Morgan fingerprint density at radius 1 is 1.35 bits per heavy atom. The van der Waals surface area contributed by atoms with Crippen LogP contribution in [-0.2, 0) is 16.6 Å². The lowest BCUT2D eigenvalue weighted by Crippen LogP contribution is -2.35. The molecule has 1 aliphatic carbocycles. The second kappa shape index (κ2) is 6.13. The van der Waals surface area contributed by atoms with E-state index >= 15 is 0 Å². The number of benzene rings is 1. The second-order valence-electron chi connectivity index (χ2n) is 5.32. The summed E-state index contributed by atoms with van der Waals surface area (Å²) in [5, 5.41) is 9.26. The molecule has 0 amide bonds. The Kier molecular flexibility index (Phi) is 4.89. The van der Waals surface area contributed by atoms with Gasteiger partial charge >= 0.3 is 0 Å². The number of sulfonamides is 1. The van der Waals surface area contributed by atoms with Gasteiger partial charge in [-0.05, 0) is 43.0 Å². The average molecular weight is 362 g/mol. The molecule has 1 N–H and O–H groups in total. The van der Waals surface area contributed by atoms with Crippen LogP contribution >= 0.6 is 15.9 Å². The Morgan fingerprint density at radius 2 is 1.95 bits per heavy atom. The SMILES string of the molecule is Cc1c(Br)cc(CO)cc1S(=O)(=O)N(C)C1CCCC1. The van der Waals surface area contributed by atoms with Crippen molar-refractivity contribution in [2.45, 2.75) is 50.2 Å². The minimum absolute atomic E-state index is 0.0935. The van der Waals surface area contributed by atoms with Gasteiger partial charge in [0, 0.05) is 17.6 Å². The van der Waals surface area contributed by atoms with Crippen LogP contribution in [0, 0.1) is 6.92 Å². The molecule has 0 atom stereocenters. The van der Waals surface area contributed by atoms with E-state index in [1.165, 1.54) is 4.31 Å². The Labute approximate surface area is 129 Å². The van der Waals surface area contributed by atoms with Crippen LogP contribution in [0.15, 0.2) is 21.5 Å². The number of nitrogens with zero attached hydrogens (tertiary/aromatic N) is 1. The topological polar surface area (TPSA) is 57.6 Å². The molecule has 0 bridgehead atoms. The standard InChI is InChI=1S/C14H20BrNO3S/c1-10-13(15)7-11(9-17)8-14(10)20(18,19)16(2)12-5-3-4-6-12/h7-8,12,17H,3-6,9H2,1-2H3. The van der Waals surface area contributed by atoms with Crippen molar-refractivity contribution in [1.82, 2.24) is 4.31 Å². The van der Waals surface area contributed by atoms with E-state index in [9.17, 15) is 13.5 Å². The first kappa shape index (κ1) is 15.9. The van der Waals surface area contributed by atoms with Crippen LogP contribution in [0.5, 0.6) is 0 Å². The van der Waals surface area contributed by atoms with Crippen molar-refractivity contribution < 1.29 is 13.5 Å². The molecule has 0 unspecified atom stereocenters. The fourth-order valence-corrected chi connectivity index (χ4v) is 5.04. The third-order valence-corrected chi connectivity index (χ3v) is 6.89. The first-order valence-electron chi connectivity index (χ1n) is 6.76. The molecule has 2 rings (SSSR count). The highest BCUT2D eigenvalue weighted by atomic mass is 79.9. The van der Waals surface area contributed by atoms with Crippen LogP contribution in [-0.4, -0.2) is 30.9 Å². The molecule has 0 aliphatic heterocycles. The zero-order chi connectivity index (χ0) is 14.9. The molecule has 4 nitrogen and oxygen atoms in total. The molecule has 1 aromatic carbocycles. The maximum atomic E-state index is 12.8. The predicted molar refractivity (Wildman–Crippen MR) is 82.0 cm³/mol. The zero-order valence-electron chi connectivity index (χ0n) is 11.8. The molecule has 1 aliphatic rings. The maximum Gasteiger partial charge on any atom is 0.243 e. The van der Waals surface area contributed by atoms with Gasteiger partial charge in [-0.25, -0.2) is 8.42 Å². The molecule has 1 saturated carbocycles.